The number of benzene rings is 3. The third kappa shape index (κ3) is 10.4. The summed E-state index contributed by atoms with van der Waals surface area (Å²) >= 11 is 0. The number of aryl methyl sites for hydroxylation is 2. The Bertz CT molecular complexity index is 1170. The van der Waals surface area contributed by atoms with Crippen LogP contribution in [-0.4, -0.2) is 58.2 Å². The van der Waals surface area contributed by atoms with Crippen molar-refractivity contribution < 1.29 is 33.6 Å². The number of hydrogen-bond acceptors (Lipinski definition) is 7. The number of rotatable bonds is 18. The van der Waals surface area contributed by atoms with Gasteiger partial charge in [-0.3, -0.25) is 4.79 Å². The van der Waals surface area contributed by atoms with Gasteiger partial charge in [0.05, 0.1) is 47.2 Å². The Morgan fingerprint density at radius 3 is 2.25 bits per heavy atom. The van der Waals surface area contributed by atoms with Crippen molar-refractivity contribution in [3.63, 3.8) is 0 Å². The molecular formula is C32H41NO7. The zero-order valence-electron chi connectivity index (χ0n) is 23.7. The van der Waals surface area contributed by atoms with Gasteiger partial charge in [-0.25, -0.2) is 0 Å². The SMILES string of the molecule is COc1ccc(COC(CO)CCC(=O)NCCOc2cccc(CCCc3ccc(OC)c(OC)c3)c2)cc1. The maximum atomic E-state index is 12.3. The van der Waals surface area contributed by atoms with Crippen LogP contribution in [0.1, 0.15) is 36.0 Å². The Labute approximate surface area is 237 Å². The lowest BCUT2D eigenvalue weighted by molar-refractivity contribution is -0.122. The van der Waals surface area contributed by atoms with Gasteiger partial charge in [0, 0.05) is 6.42 Å². The molecule has 216 valence electrons. The van der Waals surface area contributed by atoms with E-state index in [1.165, 1.54) is 11.1 Å². The molecule has 0 saturated carbocycles. The zero-order chi connectivity index (χ0) is 28.6. The van der Waals surface area contributed by atoms with Gasteiger partial charge in [-0.2, -0.15) is 0 Å². The molecule has 40 heavy (non-hydrogen) atoms. The molecule has 3 aromatic carbocycles. The first kappa shape index (κ1) is 30.8. The summed E-state index contributed by atoms with van der Waals surface area (Å²) in [6.45, 7) is 0.994. The van der Waals surface area contributed by atoms with E-state index < -0.39 is 6.10 Å². The van der Waals surface area contributed by atoms with Crippen molar-refractivity contribution in [2.24, 2.45) is 0 Å². The molecular weight excluding hydrogens is 510 g/mol. The first-order chi connectivity index (χ1) is 19.5. The number of carbonyl (C=O) groups is 1. The van der Waals surface area contributed by atoms with Crippen LogP contribution in [0.2, 0.25) is 0 Å². The van der Waals surface area contributed by atoms with E-state index in [9.17, 15) is 9.90 Å². The molecule has 0 heterocycles. The summed E-state index contributed by atoms with van der Waals surface area (Å²) < 4.78 is 27.5. The van der Waals surface area contributed by atoms with Crippen LogP contribution in [0.4, 0.5) is 0 Å². The highest BCUT2D eigenvalue weighted by molar-refractivity contribution is 5.75. The van der Waals surface area contributed by atoms with Crippen molar-refractivity contribution >= 4 is 5.91 Å². The van der Waals surface area contributed by atoms with Gasteiger partial charge in [0.25, 0.3) is 0 Å². The molecule has 0 aliphatic heterocycles. The van der Waals surface area contributed by atoms with Crippen LogP contribution >= 0.6 is 0 Å². The van der Waals surface area contributed by atoms with Crippen LogP contribution in [0, 0.1) is 0 Å². The maximum absolute atomic E-state index is 12.3. The molecule has 0 radical (unpaired) electrons. The largest absolute Gasteiger partial charge is 0.497 e. The lowest BCUT2D eigenvalue weighted by Crippen LogP contribution is -2.29. The molecule has 0 bridgehead atoms. The predicted octanol–water partition coefficient (Wildman–Crippen LogP) is 4.74. The summed E-state index contributed by atoms with van der Waals surface area (Å²) in [4.78, 5) is 12.3. The Balaban J connectivity index is 1.31. The van der Waals surface area contributed by atoms with E-state index in [0.717, 1.165) is 47.8 Å². The van der Waals surface area contributed by atoms with Crippen molar-refractivity contribution in [3.8, 4) is 23.0 Å². The van der Waals surface area contributed by atoms with E-state index in [4.69, 9.17) is 23.7 Å². The monoisotopic (exact) mass is 551 g/mol. The van der Waals surface area contributed by atoms with Gasteiger partial charge < -0.3 is 34.1 Å². The standard InChI is InChI=1S/C32H41NO7/c1-36-27-13-10-26(11-14-27)23-40-29(22-34)15-17-32(35)33-18-19-39-28-9-5-8-24(20-28)6-4-7-25-12-16-30(37-2)31(21-25)38-3/h5,8-14,16,20-21,29,34H,4,6-7,15,17-19,22-23H2,1-3H3,(H,33,35). The highest BCUT2D eigenvalue weighted by Crippen LogP contribution is 2.28. The molecule has 1 amide bonds. The minimum atomic E-state index is -0.404. The van der Waals surface area contributed by atoms with Gasteiger partial charge in [0.2, 0.25) is 5.91 Å². The molecule has 0 fully saturated rings. The van der Waals surface area contributed by atoms with E-state index in [-0.39, 0.29) is 18.9 Å². The molecule has 2 N–H and O–H groups in total. The fourth-order valence-corrected chi connectivity index (χ4v) is 4.23. The molecule has 3 aromatic rings. The van der Waals surface area contributed by atoms with E-state index in [0.29, 0.717) is 26.2 Å². The van der Waals surface area contributed by atoms with Crippen LogP contribution in [0.25, 0.3) is 0 Å². The number of aliphatic hydroxyl groups is 1. The molecule has 8 heteroatoms. The van der Waals surface area contributed by atoms with E-state index in [1.807, 2.05) is 54.6 Å². The summed E-state index contributed by atoms with van der Waals surface area (Å²) in [5.74, 6) is 2.94. The fraction of sp³-hybridized carbons (Fsp3) is 0.406. The number of amides is 1. The third-order valence-corrected chi connectivity index (χ3v) is 6.51. The topological polar surface area (TPSA) is 95.5 Å². The van der Waals surface area contributed by atoms with Gasteiger partial charge >= 0.3 is 0 Å². The van der Waals surface area contributed by atoms with Crippen LogP contribution in [0.5, 0.6) is 23.0 Å². The third-order valence-electron chi connectivity index (χ3n) is 6.51. The molecule has 1 atom stereocenters. The lowest BCUT2D eigenvalue weighted by Gasteiger charge is -2.15. The summed E-state index contributed by atoms with van der Waals surface area (Å²) in [5.41, 5.74) is 3.38. The average Bonchev–Trinajstić information content (AvgIpc) is 2.99. The maximum Gasteiger partial charge on any atom is 0.220 e. The normalized spacial score (nSPS) is 11.5. The summed E-state index contributed by atoms with van der Waals surface area (Å²) in [6.07, 6.45) is 3.15. The van der Waals surface area contributed by atoms with Gasteiger partial charge in [0.15, 0.2) is 11.5 Å². The Kier molecular flexibility index (Phi) is 13.1. The lowest BCUT2D eigenvalue weighted by atomic mass is 10.0. The second-order valence-electron chi connectivity index (χ2n) is 9.39. The second-order valence-corrected chi connectivity index (χ2v) is 9.39. The van der Waals surface area contributed by atoms with Crippen molar-refractivity contribution in [2.45, 2.75) is 44.8 Å². The average molecular weight is 552 g/mol. The molecule has 0 aromatic heterocycles. The number of methoxy groups -OCH3 is 3. The molecule has 1 unspecified atom stereocenters. The molecule has 0 saturated heterocycles. The van der Waals surface area contributed by atoms with Gasteiger partial charge in [-0.15, -0.1) is 0 Å². The van der Waals surface area contributed by atoms with Gasteiger partial charge in [-0.05, 0) is 78.8 Å². The predicted molar refractivity (Wildman–Crippen MR) is 154 cm³/mol. The number of hydrogen-bond donors (Lipinski definition) is 2. The van der Waals surface area contributed by atoms with E-state index in [2.05, 4.69) is 17.4 Å². The molecule has 0 aliphatic carbocycles. The van der Waals surface area contributed by atoms with Crippen LogP contribution in [-0.2, 0) is 29.0 Å². The van der Waals surface area contributed by atoms with Crippen molar-refractivity contribution in [1.29, 1.82) is 0 Å². The minimum Gasteiger partial charge on any atom is -0.497 e. The van der Waals surface area contributed by atoms with Crippen LogP contribution in [0.3, 0.4) is 0 Å². The van der Waals surface area contributed by atoms with E-state index >= 15 is 0 Å². The van der Waals surface area contributed by atoms with Crippen LogP contribution < -0.4 is 24.3 Å². The number of carbonyl (C=O) groups excluding carboxylic acids is 1. The molecule has 0 aliphatic rings. The number of nitrogens with one attached hydrogen (secondary N) is 1. The summed E-state index contributed by atoms with van der Waals surface area (Å²) in [6, 6.07) is 21.6. The molecule has 8 nitrogen and oxygen atoms in total. The zero-order valence-corrected chi connectivity index (χ0v) is 23.7. The first-order valence-corrected chi connectivity index (χ1v) is 13.6. The van der Waals surface area contributed by atoms with Crippen LogP contribution in [0.15, 0.2) is 66.7 Å². The Hall–Kier alpha value is -3.75. The molecule has 3 rings (SSSR count). The highest BCUT2D eigenvalue weighted by Gasteiger charge is 2.12. The smallest absolute Gasteiger partial charge is 0.220 e. The number of ether oxygens (including phenoxy) is 5. The highest BCUT2D eigenvalue weighted by atomic mass is 16.5. The van der Waals surface area contributed by atoms with E-state index in [1.54, 1.807) is 21.3 Å². The summed E-state index contributed by atoms with van der Waals surface area (Å²) in [5, 5.41) is 12.5. The van der Waals surface area contributed by atoms with Crippen molar-refractivity contribution in [2.75, 3.05) is 41.1 Å². The second kappa shape index (κ2) is 17.0. The van der Waals surface area contributed by atoms with Gasteiger partial charge in [-0.1, -0.05) is 30.3 Å². The molecule has 0 spiro atoms. The first-order valence-electron chi connectivity index (χ1n) is 13.6. The van der Waals surface area contributed by atoms with Gasteiger partial charge in [0.1, 0.15) is 18.1 Å². The quantitative estimate of drug-likeness (QED) is 0.221. The Morgan fingerprint density at radius 1 is 0.825 bits per heavy atom. The number of aliphatic hydroxyl groups excluding tert-OH is 1. The van der Waals surface area contributed by atoms with Crippen molar-refractivity contribution in [1.82, 2.24) is 5.32 Å². The minimum absolute atomic E-state index is 0.0981. The fourth-order valence-electron chi connectivity index (χ4n) is 4.23. The Morgan fingerprint density at radius 2 is 1.55 bits per heavy atom. The van der Waals surface area contributed by atoms with Crippen molar-refractivity contribution in [3.05, 3.63) is 83.4 Å². The summed E-state index contributed by atoms with van der Waals surface area (Å²) in [7, 11) is 4.90.